The number of carbonyl (C=O) groups excluding carboxylic acids is 2. The smallest absolute Gasteiger partial charge is 0.226 e. The molecule has 106 valence electrons. The number of nitrogens with zero attached hydrogens (tertiary/aromatic N) is 1. The van der Waals surface area contributed by atoms with E-state index < -0.39 is 0 Å². The Labute approximate surface area is 115 Å². The lowest BCUT2D eigenvalue weighted by Gasteiger charge is -2.37. The Morgan fingerprint density at radius 2 is 2.00 bits per heavy atom. The molecular weight excluding hydrogens is 240 g/mol. The van der Waals surface area contributed by atoms with Crippen LogP contribution in [0.1, 0.15) is 45.4 Å². The van der Waals surface area contributed by atoms with Crippen LogP contribution in [0.3, 0.4) is 0 Å². The second kappa shape index (κ2) is 6.73. The van der Waals surface area contributed by atoms with Gasteiger partial charge in [0, 0.05) is 31.5 Å². The fourth-order valence-electron chi connectivity index (χ4n) is 3.04. The molecular formula is C15H24N2O2. The summed E-state index contributed by atoms with van der Waals surface area (Å²) in [6.45, 7) is 3.40. The highest BCUT2D eigenvalue weighted by Gasteiger charge is 2.32. The van der Waals surface area contributed by atoms with Crippen molar-refractivity contribution in [1.29, 1.82) is 0 Å². The van der Waals surface area contributed by atoms with Gasteiger partial charge in [0.15, 0.2) is 0 Å². The molecule has 0 aromatic rings. The van der Waals surface area contributed by atoms with Crippen LogP contribution in [0.2, 0.25) is 0 Å². The van der Waals surface area contributed by atoms with E-state index in [0.717, 1.165) is 38.6 Å². The molecule has 0 spiro atoms. The molecule has 1 heterocycles. The molecule has 2 rings (SSSR count). The van der Waals surface area contributed by atoms with Crippen LogP contribution in [0.25, 0.3) is 0 Å². The minimum Gasteiger partial charge on any atom is -0.356 e. The zero-order valence-corrected chi connectivity index (χ0v) is 11.7. The maximum Gasteiger partial charge on any atom is 0.226 e. The third-order valence-electron chi connectivity index (χ3n) is 4.06. The van der Waals surface area contributed by atoms with Crippen LogP contribution < -0.4 is 5.32 Å². The highest BCUT2D eigenvalue weighted by molar-refractivity contribution is 5.82. The van der Waals surface area contributed by atoms with Gasteiger partial charge in [-0.2, -0.15) is 0 Å². The highest BCUT2D eigenvalue weighted by Crippen LogP contribution is 2.26. The van der Waals surface area contributed by atoms with Crippen molar-refractivity contribution in [2.24, 2.45) is 5.92 Å². The molecule has 1 atom stereocenters. The van der Waals surface area contributed by atoms with E-state index in [0.29, 0.717) is 13.0 Å². The summed E-state index contributed by atoms with van der Waals surface area (Å²) in [5, 5.41) is 2.83. The number of hydrogen-bond acceptors (Lipinski definition) is 2. The lowest BCUT2D eigenvalue weighted by atomic mass is 9.95. The number of likely N-dealkylation sites (tertiary alicyclic amines) is 1. The van der Waals surface area contributed by atoms with Crippen molar-refractivity contribution >= 4 is 11.8 Å². The molecule has 4 nitrogen and oxygen atoms in total. The molecule has 1 unspecified atom stereocenters. The topological polar surface area (TPSA) is 49.4 Å². The molecule has 0 saturated carbocycles. The van der Waals surface area contributed by atoms with E-state index in [-0.39, 0.29) is 23.8 Å². The Hall–Kier alpha value is -1.32. The normalized spacial score (nSPS) is 23.6. The van der Waals surface area contributed by atoms with E-state index in [1.807, 2.05) is 11.8 Å². The van der Waals surface area contributed by atoms with Crippen LogP contribution in [0.15, 0.2) is 12.2 Å². The number of allylic oxidation sites excluding steroid dienone is 2. The molecule has 0 aromatic carbocycles. The zero-order valence-electron chi connectivity index (χ0n) is 11.7. The fraction of sp³-hybridized carbons (Fsp3) is 0.733. The lowest BCUT2D eigenvalue weighted by Crippen LogP contribution is -2.48. The number of hydrogen-bond donors (Lipinski definition) is 1. The van der Waals surface area contributed by atoms with Crippen molar-refractivity contribution in [1.82, 2.24) is 10.2 Å². The first-order valence-electron chi connectivity index (χ1n) is 7.44. The minimum atomic E-state index is 0.0664. The second-order valence-electron chi connectivity index (χ2n) is 5.48. The molecule has 0 aromatic heterocycles. The number of amides is 2. The van der Waals surface area contributed by atoms with E-state index in [1.54, 1.807) is 0 Å². The number of carbonyl (C=O) groups is 2. The fourth-order valence-corrected chi connectivity index (χ4v) is 3.04. The lowest BCUT2D eigenvalue weighted by molar-refractivity contribution is -0.140. The summed E-state index contributed by atoms with van der Waals surface area (Å²) in [4.78, 5) is 26.2. The molecule has 1 N–H and O–H groups in total. The van der Waals surface area contributed by atoms with Gasteiger partial charge >= 0.3 is 0 Å². The Kier molecular flexibility index (Phi) is 5.00. The van der Waals surface area contributed by atoms with Crippen LogP contribution >= 0.6 is 0 Å². The van der Waals surface area contributed by atoms with Gasteiger partial charge in [-0.3, -0.25) is 9.59 Å². The Morgan fingerprint density at radius 3 is 2.68 bits per heavy atom. The van der Waals surface area contributed by atoms with E-state index in [2.05, 4.69) is 17.5 Å². The molecule has 19 heavy (non-hydrogen) atoms. The summed E-state index contributed by atoms with van der Waals surface area (Å²) < 4.78 is 0. The van der Waals surface area contributed by atoms with Crippen LogP contribution in [0, 0.1) is 5.92 Å². The number of rotatable bonds is 4. The first kappa shape index (κ1) is 14.1. The van der Waals surface area contributed by atoms with E-state index in [9.17, 15) is 9.59 Å². The molecule has 2 amide bonds. The molecule has 4 heteroatoms. The quantitative estimate of drug-likeness (QED) is 0.788. The summed E-state index contributed by atoms with van der Waals surface area (Å²) in [7, 11) is 0. The average molecular weight is 264 g/mol. The van der Waals surface area contributed by atoms with Crippen molar-refractivity contribution < 1.29 is 9.59 Å². The Morgan fingerprint density at radius 1 is 1.26 bits per heavy atom. The van der Waals surface area contributed by atoms with Gasteiger partial charge in [-0.05, 0) is 39.0 Å². The second-order valence-corrected chi connectivity index (χ2v) is 5.48. The maximum atomic E-state index is 12.5. The van der Waals surface area contributed by atoms with Crippen LogP contribution in [0.5, 0.6) is 0 Å². The minimum absolute atomic E-state index is 0.0664. The predicted octanol–water partition coefficient (Wildman–Crippen LogP) is 1.86. The van der Waals surface area contributed by atoms with Gasteiger partial charge in [0.2, 0.25) is 11.8 Å². The zero-order chi connectivity index (χ0) is 13.7. The van der Waals surface area contributed by atoms with Crippen molar-refractivity contribution in [3.05, 3.63) is 12.2 Å². The van der Waals surface area contributed by atoms with Gasteiger partial charge in [0.1, 0.15) is 0 Å². The molecule has 1 saturated heterocycles. The van der Waals surface area contributed by atoms with Crippen molar-refractivity contribution in [3.8, 4) is 0 Å². The Bertz CT molecular complexity index is 357. The summed E-state index contributed by atoms with van der Waals surface area (Å²) in [5.41, 5.74) is 0. The summed E-state index contributed by atoms with van der Waals surface area (Å²) in [6, 6.07) is 0.105. The molecule has 1 aliphatic carbocycles. The molecule has 1 aliphatic heterocycles. The van der Waals surface area contributed by atoms with Gasteiger partial charge in [0.25, 0.3) is 0 Å². The SMILES string of the molecule is CCNC(=O)CC1CCCCN1C(=O)C1CC=CC1. The predicted molar refractivity (Wildman–Crippen MR) is 74.5 cm³/mol. The number of piperidine rings is 1. The van der Waals surface area contributed by atoms with Gasteiger partial charge < -0.3 is 10.2 Å². The van der Waals surface area contributed by atoms with E-state index in [1.165, 1.54) is 0 Å². The van der Waals surface area contributed by atoms with Crippen molar-refractivity contribution in [3.63, 3.8) is 0 Å². The van der Waals surface area contributed by atoms with Crippen LogP contribution in [-0.2, 0) is 9.59 Å². The largest absolute Gasteiger partial charge is 0.356 e. The third-order valence-corrected chi connectivity index (χ3v) is 4.06. The van der Waals surface area contributed by atoms with Gasteiger partial charge in [0.05, 0.1) is 0 Å². The Balaban J connectivity index is 1.95. The first-order valence-corrected chi connectivity index (χ1v) is 7.44. The van der Waals surface area contributed by atoms with Crippen LogP contribution in [0.4, 0.5) is 0 Å². The van der Waals surface area contributed by atoms with Gasteiger partial charge in [-0.25, -0.2) is 0 Å². The molecule has 0 radical (unpaired) electrons. The maximum absolute atomic E-state index is 12.5. The average Bonchev–Trinajstić information content (AvgIpc) is 2.93. The monoisotopic (exact) mass is 264 g/mol. The van der Waals surface area contributed by atoms with E-state index in [4.69, 9.17) is 0 Å². The van der Waals surface area contributed by atoms with Gasteiger partial charge in [-0.15, -0.1) is 0 Å². The molecule has 1 fully saturated rings. The summed E-state index contributed by atoms with van der Waals surface area (Å²) in [5.74, 6) is 0.436. The van der Waals surface area contributed by atoms with Crippen LogP contribution in [-0.4, -0.2) is 35.8 Å². The van der Waals surface area contributed by atoms with Crippen molar-refractivity contribution in [2.75, 3.05) is 13.1 Å². The standard InChI is InChI=1S/C15H24N2O2/c1-2-16-14(18)11-13-9-5-6-10-17(13)15(19)12-7-3-4-8-12/h3-4,12-13H,2,5-11H2,1H3,(H,16,18). The van der Waals surface area contributed by atoms with Gasteiger partial charge in [-0.1, -0.05) is 12.2 Å². The third kappa shape index (κ3) is 3.58. The molecule has 2 aliphatic rings. The summed E-state index contributed by atoms with van der Waals surface area (Å²) in [6.07, 6.45) is 9.51. The van der Waals surface area contributed by atoms with Crippen molar-refractivity contribution in [2.45, 2.75) is 51.5 Å². The summed E-state index contributed by atoms with van der Waals surface area (Å²) >= 11 is 0. The molecule has 0 bridgehead atoms. The first-order chi connectivity index (χ1) is 9.22. The number of nitrogens with one attached hydrogen (secondary N) is 1. The highest BCUT2D eigenvalue weighted by atomic mass is 16.2. The van der Waals surface area contributed by atoms with E-state index >= 15 is 0 Å².